The molecule has 0 atom stereocenters. The fourth-order valence-corrected chi connectivity index (χ4v) is 1.64. The average molecular weight is 276 g/mol. The molecule has 104 valence electrons. The smallest absolute Gasteiger partial charge is 0.325 e. The molecule has 0 spiro atoms. The third-order valence-electron chi connectivity index (χ3n) is 2.98. The lowest BCUT2D eigenvalue weighted by molar-refractivity contribution is -0.137. The van der Waals surface area contributed by atoms with Crippen LogP contribution in [-0.4, -0.2) is 11.4 Å². The van der Waals surface area contributed by atoms with Crippen LogP contribution in [0.15, 0.2) is 18.2 Å². The lowest BCUT2D eigenvalue weighted by atomic mass is 10.1. The van der Waals surface area contributed by atoms with Gasteiger partial charge in [-0.05, 0) is 31.0 Å². The summed E-state index contributed by atoms with van der Waals surface area (Å²) >= 11 is 0. The van der Waals surface area contributed by atoms with Crippen molar-refractivity contribution >= 4 is 11.6 Å². The zero-order valence-electron chi connectivity index (χ0n) is 9.85. The maximum atomic E-state index is 13.4. The quantitative estimate of drug-likeness (QED) is 0.834. The van der Waals surface area contributed by atoms with E-state index < -0.39 is 29.0 Å². The highest BCUT2D eigenvalue weighted by atomic mass is 19.4. The Bertz CT molecular complexity index is 509. The highest BCUT2D eigenvalue weighted by Gasteiger charge is 2.40. The van der Waals surface area contributed by atoms with Crippen molar-refractivity contribution in [3.63, 3.8) is 0 Å². The molecular weight excluding hydrogens is 264 g/mol. The molecule has 0 saturated heterocycles. The molecule has 1 aromatic rings. The number of rotatable bonds is 3. The Morgan fingerprint density at radius 1 is 1.37 bits per heavy atom. The van der Waals surface area contributed by atoms with E-state index in [1.54, 1.807) is 0 Å². The standard InChI is InChI=1S/C12H12F4N2O/c13-8-5-7(12(14,15)16)1-2-9(8)18-10(19)6-11(17)3-4-11/h1-2,5H,3-4,6,17H2,(H,18,19). The molecule has 19 heavy (non-hydrogen) atoms. The first-order chi connectivity index (χ1) is 8.70. The second kappa shape index (κ2) is 4.48. The Labute approximate surface area is 106 Å². The van der Waals surface area contributed by atoms with E-state index in [1.165, 1.54) is 0 Å². The second-order valence-electron chi connectivity index (χ2n) is 4.78. The number of halogens is 4. The number of carbonyl (C=O) groups excluding carboxylic acids is 1. The van der Waals surface area contributed by atoms with Gasteiger partial charge in [-0.2, -0.15) is 13.2 Å². The molecule has 0 aliphatic heterocycles. The molecule has 0 radical (unpaired) electrons. The van der Waals surface area contributed by atoms with Crippen LogP contribution in [0.3, 0.4) is 0 Å². The summed E-state index contributed by atoms with van der Waals surface area (Å²) in [5.41, 5.74) is 3.81. The molecule has 0 unspecified atom stereocenters. The average Bonchev–Trinajstić information content (AvgIpc) is 2.97. The Kier molecular flexibility index (Phi) is 3.25. The van der Waals surface area contributed by atoms with E-state index >= 15 is 0 Å². The first-order valence-electron chi connectivity index (χ1n) is 5.65. The minimum Gasteiger partial charge on any atom is -0.325 e. The van der Waals surface area contributed by atoms with E-state index in [4.69, 9.17) is 5.73 Å². The summed E-state index contributed by atoms with van der Waals surface area (Å²) < 4.78 is 50.4. The number of benzene rings is 1. The highest BCUT2D eigenvalue weighted by molar-refractivity contribution is 5.91. The van der Waals surface area contributed by atoms with Gasteiger partial charge >= 0.3 is 6.18 Å². The minimum absolute atomic E-state index is 0.0352. The molecule has 1 saturated carbocycles. The van der Waals surface area contributed by atoms with Crippen LogP contribution in [0.25, 0.3) is 0 Å². The van der Waals surface area contributed by atoms with Gasteiger partial charge in [0.15, 0.2) is 0 Å². The largest absolute Gasteiger partial charge is 0.416 e. The summed E-state index contributed by atoms with van der Waals surface area (Å²) in [6.45, 7) is 0. The molecule has 0 aromatic heterocycles. The number of hydrogen-bond donors (Lipinski definition) is 2. The summed E-state index contributed by atoms with van der Waals surface area (Å²) in [4.78, 5) is 11.5. The van der Waals surface area contributed by atoms with Crippen LogP contribution in [-0.2, 0) is 11.0 Å². The van der Waals surface area contributed by atoms with Crippen LogP contribution >= 0.6 is 0 Å². The number of carbonyl (C=O) groups is 1. The van der Waals surface area contributed by atoms with Gasteiger partial charge in [-0.15, -0.1) is 0 Å². The van der Waals surface area contributed by atoms with Gasteiger partial charge in [0.25, 0.3) is 0 Å². The summed E-state index contributed by atoms with van der Waals surface area (Å²) in [7, 11) is 0. The number of nitrogens with one attached hydrogen (secondary N) is 1. The lowest BCUT2D eigenvalue weighted by Crippen LogP contribution is -2.28. The number of nitrogens with two attached hydrogens (primary N) is 1. The molecule has 1 aliphatic rings. The molecule has 7 heteroatoms. The minimum atomic E-state index is -4.61. The van der Waals surface area contributed by atoms with E-state index in [0.717, 1.165) is 18.9 Å². The maximum Gasteiger partial charge on any atom is 0.416 e. The highest BCUT2D eigenvalue weighted by Crippen LogP contribution is 2.36. The van der Waals surface area contributed by atoms with Crippen LogP contribution in [0.2, 0.25) is 0 Å². The Balaban J connectivity index is 2.07. The molecule has 1 aromatic carbocycles. The van der Waals surface area contributed by atoms with Crippen LogP contribution in [0, 0.1) is 5.82 Å². The van der Waals surface area contributed by atoms with Crippen molar-refractivity contribution in [3.8, 4) is 0 Å². The summed E-state index contributed by atoms with van der Waals surface area (Å²) in [6, 6.07) is 1.96. The van der Waals surface area contributed by atoms with E-state index in [-0.39, 0.29) is 12.1 Å². The van der Waals surface area contributed by atoms with Crippen LogP contribution < -0.4 is 11.1 Å². The van der Waals surface area contributed by atoms with E-state index in [1.807, 2.05) is 0 Å². The van der Waals surface area contributed by atoms with Gasteiger partial charge in [0.1, 0.15) is 5.82 Å². The SMILES string of the molecule is NC1(CC(=O)Nc2ccc(C(F)(F)F)cc2F)CC1. The Hall–Kier alpha value is -1.63. The molecule has 1 fully saturated rings. The number of hydrogen-bond acceptors (Lipinski definition) is 2. The van der Waals surface area contributed by atoms with Crippen LogP contribution in [0.5, 0.6) is 0 Å². The lowest BCUT2D eigenvalue weighted by Gasteiger charge is -2.12. The van der Waals surface area contributed by atoms with Gasteiger partial charge in [-0.1, -0.05) is 0 Å². The molecular formula is C12H12F4N2O. The molecule has 3 N–H and O–H groups in total. The molecule has 1 amide bonds. The first-order valence-corrected chi connectivity index (χ1v) is 5.65. The van der Waals surface area contributed by atoms with Crippen molar-refractivity contribution in [2.75, 3.05) is 5.32 Å². The van der Waals surface area contributed by atoms with Crippen molar-refractivity contribution in [2.45, 2.75) is 31.0 Å². The van der Waals surface area contributed by atoms with E-state index in [2.05, 4.69) is 5.32 Å². The third-order valence-corrected chi connectivity index (χ3v) is 2.98. The van der Waals surface area contributed by atoms with Crippen LogP contribution in [0.1, 0.15) is 24.8 Å². The van der Waals surface area contributed by atoms with E-state index in [9.17, 15) is 22.4 Å². The third kappa shape index (κ3) is 3.44. The summed E-state index contributed by atoms with van der Waals surface area (Å²) in [6.07, 6.45) is -3.14. The van der Waals surface area contributed by atoms with Gasteiger partial charge in [0.2, 0.25) is 5.91 Å². The van der Waals surface area contributed by atoms with Gasteiger partial charge in [-0.3, -0.25) is 4.79 Å². The monoisotopic (exact) mass is 276 g/mol. The zero-order valence-corrected chi connectivity index (χ0v) is 9.85. The van der Waals surface area contributed by atoms with Gasteiger partial charge in [-0.25, -0.2) is 4.39 Å². The van der Waals surface area contributed by atoms with Gasteiger partial charge in [0, 0.05) is 12.0 Å². The molecule has 0 heterocycles. The predicted molar refractivity (Wildman–Crippen MR) is 60.8 cm³/mol. The Morgan fingerprint density at radius 2 is 2.00 bits per heavy atom. The first kappa shape index (κ1) is 13.8. The fourth-order valence-electron chi connectivity index (χ4n) is 1.64. The van der Waals surface area contributed by atoms with Crippen molar-refractivity contribution in [2.24, 2.45) is 5.73 Å². The van der Waals surface area contributed by atoms with Crippen molar-refractivity contribution in [1.82, 2.24) is 0 Å². The molecule has 2 rings (SSSR count). The summed E-state index contributed by atoms with van der Waals surface area (Å²) in [5.74, 6) is -1.62. The predicted octanol–water partition coefficient (Wildman–Crippen LogP) is 2.66. The number of anilines is 1. The number of alkyl halides is 3. The molecule has 0 bridgehead atoms. The topological polar surface area (TPSA) is 55.1 Å². The van der Waals surface area contributed by atoms with Crippen molar-refractivity contribution in [3.05, 3.63) is 29.6 Å². The molecule has 1 aliphatic carbocycles. The van der Waals surface area contributed by atoms with Crippen molar-refractivity contribution < 1.29 is 22.4 Å². The normalized spacial score (nSPS) is 17.1. The zero-order chi connectivity index (χ0) is 14.3. The van der Waals surface area contributed by atoms with E-state index in [0.29, 0.717) is 12.1 Å². The summed E-state index contributed by atoms with van der Waals surface area (Å²) in [5, 5.41) is 2.22. The number of amides is 1. The molecule has 3 nitrogen and oxygen atoms in total. The maximum absolute atomic E-state index is 13.4. The second-order valence-corrected chi connectivity index (χ2v) is 4.78. The van der Waals surface area contributed by atoms with Crippen molar-refractivity contribution in [1.29, 1.82) is 0 Å². The fraction of sp³-hybridized carbons (Fsp3) is 0.417. The Morgan fingerprint density at radius 3 is 2.47 bits per heavy atom. The van der Waals surface area contributed by atoms with Gasteiger partial charge in [0.05, 0.1) is 11.3 Å². The van der Waals surface area contributed by atoms with Crippen LogP contribution in [0.4, 0.5) is 23.2 Å². The van der Waals surface area contributed by atoms with Gasteiger partial charge < -0.3 is 11.1 Å².